The molecule has 1 fully saturated rings. The van der Waals surface area contributed by atoms with Gasteiger partial charge in [0.1, 0.15) is 0 Å². The van der Waals surface area contributed by atoms with Crippen LogP contribution in [0.5, 0.6) is 0 Å². The Morgan fingerprint density at radius 3 is 2.32 bits per heavy atom. The van der Waals surface area contributed by atoms with Crippen molar-refractivity contribution in [3.63, 3.8) is 0 Å². The molecule has 1 aromatic rings. The molecule has 0 spiro atoms. The maximum absolute atomic E-state index is 11.6. The summed E-state index contributed by atoms with van der Waals surface area (Å²) in [4.78, 5) is 23.2. The van der Waals surface area contributed by atoms with Crippen LogP contribution in [0.25, 0.3) is 0 Å². The largest absolute Gasteiger partial charge is 0.350 e. The molecule has 0 saturated heterocycles. The summed E-state index contributed by atoms with van der Waals surface area (Å²) in [6, 6.07) is 6.21. The molecular formula is C14H19N3O4S. The molecule has 2 amide bonds. The van der Waals surface area contributed by atoms with E-state index in [-0.39, 0.29) is 35.7 Å². The van der Waals surface area contributed by atoms with Crippen molar-refractivity contribution in [2.24, 2.45) is 5.92 Å². The van der Waals surface area contributed by atoms with Gasteiger partial charge < -0.3 is 10.6 Å². The maximum atomic E-state index is 11.6. The molecule has 7 nitrogen and oxygen atoms in total. The number of sulfonamides is 1. The quantitative estimate of drug-likeness (QED) is 0.642. The molecule has 0 aliphatic heterocycles. The van der Waals surface area contributed by atoms with Crippen molar-refractivity contribution in [2.75, 3.05) is 13.6 Å². The molecular weight excluding hydrogens is 306 g/mol. The number of carbonyl (C=O) groups excluding carboxylic acids is 2. The molecule has 0 aromatic heterocycles. The first kappa shape index (κ1) is 16.4. The zero-order valence-electron chi connectivity index (χ0n) is 12.3. The minimum atomic E-state index is -3.45. The normalized spacial score (nSPS) is 14.4. The van der Waals surface area contributed by atoms with Gasteiger partial charge in [-0.3, -0.25) is 9.59 Å². The van der Waals surface area contributed by atoms with E-state index in [1.807, 2.05) is 0 Å². The third-order valence-electron chi connectivity index (χ3n) is 3.36. The van der Waals surface area contributed by atoms with Gasteiger partial charge in [0.25, 0.3) is 0 Å². The summed E-state index contributed by atoms with van der Waals surface area (Å²) in [6.45, 7) is 0.236. The summed E-state index contributed by atoms with van der Waals surface area (Å²) in [5.74, 6) is -0.271. The van der Waals surface area contributed by atoms with Crippen LogP contribution in [0, 0.1) is 5.92 Å². The Kier molecular flexibility index (Phi) is 5.15. The van der Waals surface area contributed by atoms with E-state index in [9.17, 15) is 18.0 Å². The minimum absolute atomic E-state index is 0.0401. The SMILES string of the molecule is CNS(=O)(=O)c1ccc(CNC(=O)CNC(=O)C2CC2)cc1. The van der Waals surface area contributed by atoms with Gasteiger partial charge in [-0.15, -0.1) is 0 Å². The van der Waals surface area contributed by atoms with Crippen molar-refractivity contribution >= 4 is 21.8 Å². The molecule has 1 aliphatic rings. The van der Waals surface area contributed by atoms with Gasteiger partial charge in [-0.05, 0) is 37.6 Å². The lowest BCUT2D eigenvalue weighted by Gasteiger charge is -2.08. The Morgan fingerprint density at radius 2 is 1.77 bits per heavy atom. The van der Waals surface area contributed by atoms with Crippen molar-refractivity contribution in [1.82, 2.24) is 15.4 Å². The molecule has 0 radical (unpaired) electrons. The lowest BCUT2D eigenvalue weighted by molar-refractivity contribution is -0.126. The number of carbonyl (C=O) groups is 2. The molecule has 8 heteroatoms. The van der Waals surface area contributed by atoms with Gasteiger partial charge in [-0.2, -0.15) is 0 Å². The maximum Gasteiger partial charge on any atom is 0.240 e. The predicted octanol–water partition coefficient (Wildman–Crippen LogP) is -0.263. The van der Waals surface area contributed by atoms with Crippen molar-refractivity contribution in [2.45, 2.75) is 24.3 Å². The number of amides is 2. The van der Waals surface area contributed by atoms with Gasteiger partial charge in [0.05, 0.1) is 11.4 Å². The van der Waals surface area contributed by atoms with Gasteiger partial charge in [-0.25, -0.2) is 13.1 Å². The molecule has 0 atom stereocenters. The van der Waals surface area contributed by atoms with E-state index in [0.717, 1.165) is 18.4 Å². The predicted molar refractivity (Wildman–Crippen MR) is 80.3 cm³/mol. The van der Waals surface area contributed by atoms with Crippen LogP contribution in [0.4, 0.5) is 0 Å². The van der Waals surface area contributed by atoms with Gasteiger partial charge in [0.2, 0.25) is 21.8 Å². The summed E-state index contributed by atoms with van der Waals surface area (Å²) in [7, 11) is -2.10. The summed E-state index contributed by atoms with van der Waals surface area (Å²) in [5.41, 5.74) is 0.775. The second kappa shape index (κ2) is 6.89. The first-order valence-corrected chi connectivity index (χ1v) is 8.47. The van der Waals surface area contributed by atoms with Crippen LogP contribution in [0.2, 0.25) is 0 Å². The van der Waals surface area contributed by atoms with Gasteiger partial charge in [0, 0.05) is 12.5 Å². The second-order valence-electron chi connectivity index (χ2n) is 5.12. The van der Waals surface area contributed by atoms with E-state index in [4.69, 9.17) is 0 Å². The van der Waals surface area contributed by atoms with E-state index in [2.05, 4.69) is 15.4 Å². The van der Waals surface area contributed by atoms with Crippen molar-refractivity contribution in [3.8, 4) is 0 Å². The van der Waals surface area contributed by atoms with Gasteiger partial charge in [0.15, 0.2) is 0 Å². The summed E-state index contributed by atoms with van der Waals surface area (Å²) in [6.07, 6.45) is 1.80. The lowest BCUT2D eigenvalue weighted by Crippen LogP contribution is -2.37. The van der Waals surface area contributed by atoms with E-state index >= 15 is 0 Å². The van der Waals surface area contributed by atoms with Crippen LogP contribution in [0.15, 0.2) is 29.2 Å². The van der Waals surface area contributed by atoms with Crippen LogP contribution in [-0.4, -0.2) is 33.8 Å². The topological polar surface area (TPSA) is 104 Å². The highest BCUT2D eigenvalue weighted by Gasteiger charge is 2.29. The first-order valence-electron chi connectivity index (χ1n) is 6.99. The standard InChI is InChI=1S/C14H19N3O4S/c1-15-22(20,21)12-6-2-10(3-7-12)8-16-13(18)9-17-14(19)11-4-5-11/h2-3,6-7,11,15H,4-5,8-9H2,1H3,(H,16,18)(H,17,19). The minimum Gasteiger partial charge on any atom is -0.350 e. The lowest BCUT2D eigenvalue weighted by atomic mass is 10.2. The monoisotopic (exact) mass is 325 g/mol. The Hall–Kier alpha value is -1.93. The van der Waals surface area contributed by atoms with E-state index in [1.54, 1.807) is 12.1 Å². The Labute approximate surface area is 129 Å². The van der Waals surface area contributed by atoms with Gasteiger partial charge >= 0.3 is 0 Å². The van der Waals surface area contributed by atoms with E-state index in [0.29, 0.717) is 0 Å². The average Bonchev–Trinajstić information content (AvgIpc) is 3.36. The number of rotatable bonds is 7. The highest BCUT2D eigenvalue weighted by molar-refractivity contribution is 7.89. The molecule has 0 unspecified atom stereocenters. The number of nitrogens with one attached hydrogen (secondary N) is 3. The highest BCUT2D eigenvalue weighted by atomic mass is 32.2. The third-order valence-corrected chi connectivity index (χ3v) is 4.79. The smallest absolute Gasteiger partial charge is 0.240 e. The van der Waals surface area contributed by atoms with Crippen molar-refractivity contribution in [3.05, 3.63) is 29.8 Å². The van der Waals surface area contributed by atoms with Crippen LogP contribution in [0.3, 0.4) is 0 Å². The molecule has 120 valence electrons. The molecule has 3 N–H and O–H groups in total. The molecule has 22 heavy (non-hydrogen) atoms. The summed E-state index contributed by atoms with van der Waals surface area (Å²) < 4.78 is 25.4. The molecule has 1 saturated carbocycles. The first-order chi connectivity index (χ1) is 10.4. The van der Waals surface area contributed by atoms with Crippen LogP contribution in [-0.2, 0) is 26.2 Å². The zero-order chi connectivity index (χ0) is 16.2. The molecule has 0 bridgehead atoms. The van der Waals surface area contributed by atoms with Crippen LogP contribution >= 0.6 is 0 Å². The number of hydrogen-bond donors (Lipinski definition) is 3. The van der Waals surface area contributed by atoms with Crippen LogP contribution < -0.4 is 15.4 Å². The number of hydrogen-bond acceptors (Lipinski definition) is 4. The van der Waals surface area contributed by atoms with Crippen molar-refractivity contribution < 1.29 is 18.0 Å². The van der Waals surface area contributed by atoms with Crippen molar-refractivity contribution in [1.29, 1.82) is 0 Å². The number of benzene rings is 1. The molecule has 1 aromatic carbocycles. The second-order valence-corrected chi connectivity index (χ2v) is 7.01. The Bertz CT molecular complexity index is 651. The fourth-order valence-corrected chi connectivity index (χ4v) is 2.55. The summed E-state index contributed by atoms with van der Waals surface area (Å²) in [5, 5.41) is 5.25. The molecule has 1 aliphatic carbocycles. The van der Waals surface area contributed by atoms with Gasteiger partial charge in [-0.1, -0.05) is 12.1 Å². The molecule has 2 rings (SSSR count). The zero-order valence-corrected chi connectivity index (χ0v) is 13.1. The van der Waals surface area contributed by atoms with E-state index in [1.165, 1.54) is 19.2 Å². The van der Waals surface area contributed by atoms with E-state index < -0.39 is 10.0 Å². The highest BCUT2D eigenvalue weighted by Crippen LogP contribution is 2.28. The summed E-state index contributed by atoms with van der Waals surface area (Å²) >= 11 is 0. The average molecular weight is 325 g/mol. The molecule has 0 heterocycles. The van der Waals surface area contributed by atoms with Crippen LogP contribution in [0.1, 0.15) is 18.4 Å². The third kappa shape index (κ3) is 4.54. The fourth-order valence-electron chi connectivity index (χ4n) is 1.82. The Morgan fingerprint density at radius 1 is 1.14 bits per heavy atom. The Balaban J connectivity index is 1.78. The fraction of sp³-hybridized carbons (Fsp3) is 0.429.